The summed E-state index contributed by atoms with van der Waals surface area (Å²) in [5.74, 6) is -1.07. The van der Waals surface area contributed by atoms with Crippen molar-refractivity contribution in [2.45, 2.75) is 19.3 Å². The van der Waals surface area contributed by atoms with Gasteiger partial charge < -0.3 is 4.90 Å². The van der Waals surface area contributed by atoms with Gasteiger partial charge in [0.15, 0.2) is 0 Å². The number of benzene rings is 1. The van der Waals surface area contributed by atoms with E-state index >= 15 is 0 Å². The van der Waals surface area contributed by atoms with Crippen LogP contribution in [-0.4, -0.2) is 24.1 Å². The second-order valence-electron chi connectivity index (χ2n) is 4.32. The molecule has 0 aliphatic carbocycles. The molecule has 1 aliphatic heterocycles. The summed E-state index contributed by atoms with van der Waals surface area (Å²) in [5, 5.41) is 0. The van der Waals surface area contributed by atoms with Crippen LogP contribution in [0.25, 0.3) is 0 Å². The highest BCUT2D eigenvalue weighted by Crippen LogP contribution is 2.33. The minimum Gasteiger partial charge on any atom is -0.305 e. The van der Waals surface area contributed by atoms with Crippen molar-refractivity contribution in [2.24, 2.45) is 0 Å². The molecule has 0 radical (unpaired) electrons. The number of fused-ring (bicyclic) bond motifs is 1. The number of hydrogen-bond donors (Lipinski definition) is 0. The zero-order chi connectivity index (χ0) is 14.0. The maximum Gasteiger partial charge on any atom is 0.299 e. The number of rotatable bonds is 5. The van der Waals surface area contributed by atoms with Crippen molar-refractivity contribution in [3.8, 4) is 0 Å². The molecular weight excluding hydrogens is 337 g/mol. The van der Waals surface area contributed by atoms with Gasteiger partial charge in [0.2, 0.25) is 0 Å². The first-order valence-electron chi connectivity index (χ1n) is 5.97. The van der Waals surface area contributed by atoms with Gasteiger partial charge in [-0.1, -0.05) is 6.42 Å². The third-order valence-electron chi connectivity index (χ3n) is 3.03. The molecule has 1 aliphatic rings. The Morgan fingerprint density at radius 1 is 1.21 bits per heavy atom. The van der Waals surface area contributed by atoms with E-state index in [0.29, 0.717) is 18.1 Å². The number of Topliss-reactive ketones (excluding diaryl/α,β-unsaturated/α-hetero) is 1. The molecule has 0 saturated heterocycles. The van der Waals surface area contributed by atoms with Crippen molar-refractivity contribution in [1.82, 2.24) is 0 Å². The summed E-state index contributed by atoms with van der Waals surface area (Å²) in [7, 11) is 0. The summed E-state index contributed by atoms with van der Waals surface area (Å²) in [6, 6.07) is 2.59. The van der Waals surface area contributed by atoms with E-state index in [4.69, 9.17) is 11.6 Å². The van der Waals surface area contributed by atoms with E-state index in [0.717, 1.165) is 19.3 Å². The van der Waals surface area contributed by atoms with Crippen molar-refractivity contribution >= 4 is 44.9 Å². The fourth-order valence-electron chi connectivity index (χ4n) is 2.05. The van der Waals surface area contributed by atoms with Crippen LogP contribution in [-0.2, 0) is 4.79 Å². The van der Waals surface area contributed by atoms with Crippen LogP contribution >= 0.6 is 27.5 Å². The number of anilines is 1. The number of carbonyl (C=O) groups excluding carboxylic acids is 2. The predicted molar refractivity (Wildman–Crippen MR) is 75.4 cm³/mol. The highest BCUT2D eigenvalue weighted by atomic mass is 79.9. The number of nitrogens with zero attached hydrogens (tertiary/aromatic N) is 1. The number of unbranched alkanes of at least 4 members (excludes halogenated alkanes) is 2. The van der Waals surface area contributed by atoms with Crippen molar-refractivity contribution in [3.05, 3.63) is 28.0 Å². The molecule has 0 spiro atoms. The van der Waals surface area contributed by atoms with E-state index < -0.39 is 17.5 Å². The summed E-state index contributed by atoms with van der Waals surface area (Å²) in [4.78, 5) is 25.0. The third-order valence-corrected chi connectivity index (χ3v) is 3.90. The molecule has 1 aromatic carbocycles. The van der Waals surface area contributed by atoms with Gasteiger partial charge in [0.1, 0.15) is 5.82 Å². The first-order chi connectivity index (χ1) is 9.06. The van der Waals surface area contributed by atoms with Crippen LogP contribution in [0.1, 0.15) is 29.6 Å². The molecule has 0 N–H and O–H groups in total. The van der Waals surface area contributed by atoms with Crippen LogP contribution in [0.3, 0.4) is 0 Å². The molecule has 0 saturated carbocycles. The van der Waals surface area contributed by atoms with Gasteiger partial charge in [-0.3, -0.25) is 9.59 Å². The Kier molecular flexibility index (Phi) is 4.58. The molecule has 1 heterocycles. The number of ketones is 1. The van der Waals surface area contributed by atoms with Crippen LogP contribution in [0.4, 0.5) is 10.1 Å². The van der Waals surface area contributed by atoms with E-state index in [2.05, 4.69) is 15.9 Å². The highest BCUT2D eigenvalue weighted by Gasteiger charge is 2.36. The maximum atomic E-state index is 13.5. The van der Waals surface area contributed by atoms with Gasteiger partial charge in [0, 0.05) is 12.4 Å². The fourth-order valence-corrected chi connectivity index (χ4v) is 2.58. The van der Waals surface area contributed by atoms with E-state index in [1.165, 1.54) is 17.0 Å². The van der Waals surface area contributed by atoms with E-state index in [1.54, 1.807) is 0 Å². The molecule has 102 valence electrons. The number of alkyl halides is 1. The lowest BCUT2D eigenvalue weighted by Crippen LogP contribution is -2.30. The monoisotopic (exact) mass is 347 g/mol. The van der Waals surface area contributed by atoms with Crippen molar-refractivity contribution in [3.63, 3.8) is 0 Å². The lowest BCUT2D eigenvalue weighted by Gasteiger charge is -2.16. The Balaban J connectivity index is 2.21. The Bertz CT molecular complexity index is 536. The Labute approximate surface area is 123 Å². The summed E-state index contributed by atoms with van der Waals surface area (Å²) >= 11 is 8.60. The van der Waals surface area contributed by atoms with Gasteiger partial charge in [0.25, 0.3) is 11.7 Å². The minimum absolute atomic E-state index is 0.191. The molecular formula is C13H12BrClFNO2. The molecule has 0 bridgehead atoms. The first kappa shape index (κ1) is 14.5. The molecule has 0 unspecified atom stereocenters. The minimum atomic E-state index is -0.585. The number of hydrogen-bond acceptors (Lipinski definition) is 2. The lowest BCUT2D eigenvalue weighted by atomic mass is 10.1. The lowest BCUT2D eigenvalue weighted by molar-refractivity contribution is -0.114. The third kappa shape index (κ3) is 2.82. The molecule has 3 nitrogen and oxygen atoms in total. The van der Waals surface area contributed by atoms with Crippen molar-refractivity contribution < 1.29 is 14.0 Å². The van der Waals surface area contributed by atoms with Crippen LogP contribution < -0.4 is 4.90 Å². The summed E-state index contributed by atoms with van der Waals surface area (Å²) in [6.07, 6.45) is 2.47. The molecule has 6 heteroatoms. The zero-order valence-electron chi connectivity index (χ0n) is 10.1. The van der Waals surface area contributed by atoms with Gasteiger partial charge >= 0.3 is 0 Å². The number of halogens is 3. The highest BCUT2D eigenvalue weighted by molar-refractivity contribution is 9.10. The molecule has 1 aromatic rings. The van der Waals surface area contributed by atoms with Crippen molar-refractivity contribution in [2.75, 3.05) is 17.3 Å². The van der Waals surface area contributed by atoms with Gasteiger partial charge in [-0.05, 0) is 40.9 Å². The summed E-state index contributed by atoms with van der Waals surface area (Å²) < 4.78 is 13.7. The molecule has 0 fully saturated rings. The zero-order valence-corrected chi connectivity index (χ0v) is 12.4. The first-order valence-corrected chi connectivity index (χ1v) is 7.30. The Morgan fingerprint density at radius 2 is 1.95 bits per heavy atom. The van der Waals surface area contributed by atoms with Gasteiger partial charge in [0.05, 0.1) is 15.7 Å². The van der Waals surface area contributed by atoms with E-state index in [-0.39, 0.29) is 10.0 Å². The average molecular weight is 349 g/mol. The SMILES string of the molecule is O=C1C(=O)N(CCCCCCl)c2cc(F)c(Br)cc21. The topological polar surface area (TPSA) is 37.4 Å². The number of carbonyl (C=O) groups is 2. The van der Waals surface area contributed by atoms with E-state index in [1.807, 2.05) is 0 Å². The standard InChI is InChI=1S/C13H12BrClFNO2/c14-9-6-8-11(7-10(9)16)17(13(19)12(8)18)5-3-1-2-4-15/h6-7H,1-5H2. The summed E-state index contributed by atoms with van der Waals surface area (Å²) in [5.41, 5.74) is 0.622. The molecule has 19 heavy (non-hydrogen) atoms. The van der Waals surface area contributed by atoms with Gasteiger partial charge in [-0.2, -0.15) is 0 Å². The molecule has 2 rings (SSSR count). The van der Waals surface area contributed by atoms with Crippen molar-refractivity contribution in [1.29, 1.82) is 0 Å². The normalized spacial score (nSPS) is 14.2. The quantitative estimate of drug-likeness (QED) is 0.464. The molecule has 0 aromatic heterocycles. The number of amides is 1. The Morgan fingerprint density at radius 3 is 2.63 bits per heavy atom. The second-order valence-corrected chi connectivity index (χ2v) is 5.55. The second kappa shape index (κ2) is 6.01. The molecule has 0 atom stereocenters. The summed E-state index contributed by atoms with van der Waals surface area (Å²) in [6.45, 7) is 0.412. The van der Waals surface area contributed by atoms with Crippen LogP contribution in [0.15, 0.2) is 16.6 Å². The fraction of sp³-hybridized carbons (Fsp3) is 0.385. The van der Waals surface area contributed by atoms with Crippen LogP contribution in [0.5, 0.6) is 0 Å². The van der Waals surface area contributed by atoms with E-state index in [9.17, 15) is 14.0 Å². The van der Waals surface area contributed by atoms with Gasteiger partial charge in [-0.15, -0.1) is 11.6 Å². The molecule has 1 amide bonds. The maximum absolute atomic E-state index is 13.5. The van der Waals surface area contributed by atoms with Crippen LogP contribution in [0.2, 0.25) is 0 Å². The largest absolute Gasteiger partial charge is 0.305 e. The predicted octanol–water partition coefficient (Wildman–Crippen LogP) is 3.53. The Hall–Kier alpha value is -0.940. The smallest absolute Gasteiger partial charge is 0.299 e. The van der Waals surface area contributed by atoms with Crippen LogP contribution in [0, 0.1) is 5.82 Å². The average Bonchev–Trinajstić information content (AvgIpc) is 2.60. The van der Waals surface area contributed by atoms with Gasteiger partial charge in [-0.25, -0.2) is 4.39 Å².